The van der Waals surface area contributed by atoms with Gasteiger partial charge in [-0.2, -0.15) is 20.1 Å². The molecule has 1 N–H and O–H groups in total. The molecule has 0 spiro atoms. The highest BCUT2D eigenvalue weighted by atomic mass is 79.9. The van der Waals surface area contributed by atoms with E-state index in [9.17, 15) is 4.39 Å². The zero-order chi connectivity index (χ0) is 20.1. The molecular formula is C18H21BrFN7O2. The first-order valence-corrected chi connectivity index (χ1v) is 10.1. The second-order valence-corrected chi connectivity index (χ2v) is 7.36. The van der Waals surface area contributed by atoms with Gasteiger partial charge in [0, 0.05) is 26.2 Å². The summed E-state index contributed by atoms with van der Waals surface area (Å²) in [5.41, 5.74) is 3.61. The average molecular weight is 466 g/mol. The Labute approximate surface area is 176 Å². The maximum Gasteiger partial charge on any atom is 0.250 e. The van der Waals surface area contributed by atoms with Gasteiger partial charge in [0.2, 0.25) is 17.8 Å². The smallest absolute Gasteiger partial charge is 0.250 e. The van der Waals surface area contributed by atoms with E-state index in [1.807, 2.05) is 0 Å². The Morgan fingerprint density at radius 2 is 1.55 bits per heavy atom. The van der Waals surface area contributed by atoms with Gasteiger partial charge in [0.25, 0.3) is 0 Å². The van der Waals surface area contributed by atoms with Crippen molar-refractivity contribution < 1.29 is 13.9 Å². The second-order valence-electron chi connectivity index (χ2n) is 6.50. The third-order valence-corrected chi connectivity index (χ3v) is 5.13. The van der Waals surface area contributed by atoms with Crippen molar-refractivity contribution in [3.8, 4) is 0 Å². The number of aromatic nitrogens is 3. The first kappa shape index (κ1) is 19.9. The molecule has 2 saturated heterocycles. The largest absolute Gasteiger partial charge is 0.378 e. The van der Waals surface area contributed by atoms with Crippen molar-refractivity contribution in [2.24, 2.45) is 5.10 Å². The normalized spacial score (nSPS) is 17.7. The van der Waals surface area contributed by atoms with Crippen molar-refractivity contribution in [3.63, 3.8) is 0 Å². The third-order valence-electron chi connectivity index (χ3n) is 4.52. The van der Waals surface area contributed by atoms with E-state index in [0.717, 1.165) is 31.7 Å². The van der Waals surface area contributed by atoms with Crippen LogP contribution in [0, 0.1) is 5.82 Å². The number of nitrogens with one attached hydrogen (secondary N) is 1. The molecule has 0 aliphatic carbocycles. The fourth-order valence-corrected chi connectivity index (χ4v) is 3.37. The number of benzene rings is 1. The van der Waals surface area contributed by atoms with Crippen LogP contribution in [0.3, 0.4) is 0 Å². The van der Waals surface area contributed by atoms with Crippen LogP contribution in [0.2, 0.25) is 0 Å². The molecule has 0 unspecified atom stereocenters. The number of hydrazone groups is 1. The van der Waals surface area contributed by atoms with Crippen LogP contribution in [0.1, 0.15) is 5.56 Å². The standard InChI is InChI=1S/C18H21BrFN7O2/c19-14-11-13(1-2-15(14)20)12-21-25-16-22-17(26-3-7-28-8-4-26)24-18(23-16)27-5-9-29-10-6-27/h1-2,11-12H,3-10H2,(H,22,23,24,25). The maximum atomic E-state index is 13.4. The SMILES string of the molecule is Fc1ccc(C=NNc2nc(N3CCOCC3)nc(N3CCOCC3)n2)cc1Br. The maximum absolute atomic E-state index is 13.4. The van der Waals surface area contributed by atoms with E-state index < -0.39 is 0 Å². The number of hydrogen-bond acceptors (Lipinski definition) is 9. The first-order chi connectivity index (χ1) is 14.2. The van der Waals surface area contributed by atoms with Gasteiger partial charge >= 0.3 is 0 Å². The highest BCUT2D eigenvalue weighted by molar-refractivity contribution is 9.10. The van der Waals surface area contributed by atoms with Crippen LogP contribution < -0.4 is 15.2 Å². The van der Waals surface area contributed by atoms with Gasteiger partial charge in [-0.05, 0) is 33.6 Å². The van der Waals surface area contributed by atoms with Crippen LogP contribution in [0.15, 0.2) is 27.8 Å². The fourth-order valence-electron chi connectivity index (χ4n) is 2.97. The molecule has 1 aromatic carbocycles. The van der Waals surface area contributed by atoms with E-state index in [-0.39, 0.29) is 5.82 Å². The van der Waals surface area contributed by atoms with Gasteiger partial charge in [-0.25, -0.2) is 9.82 Å². The van der Waals surface area contributed by atoms with Crippen LogP contribution in [-0.2, 0) is 9.47 Å². The van der Waals surface area contributed by atoms with Crippen molar-refractivity contribution in [1.29, 1.82) is 0 Å². The number of ether oxygens (including phenoxy) is 2. The molecule has 0 atom stereocenters. The third kappa shape index (κ3) is 5.17. The molecular weight excluding hydrogens is 445 g/mol. The van der Waals surface area contributed by atoms with Crippen LogP contribution in [0.25, 0.3) is 0 Å². The van der Waals surface area contributed by atoms with E-state index in [1.165, 1.54) is 6.07 Å². The molecule has 9 nitrogen and oxygen atoms in total. The van der Waals surface area contributed by atoms with E-state index in [1.54, 1.807) is 18.3 Å². The Morgan fingerprint density at radius 3 is 2.10 bits per heavy atom. The molecule has 2 fully saturated rings. The van der Waals surface area contributed by atoms with Crippen molar-refractivity contribution in [2.75, 3.05) is 67.8 Å². The second kappa shape index (κ2) is 9.42. The molecule has 0 radical (unpaired) electrons. The fraction of sp³-hybridized carbons (Fsp3) is 0.444. The van der Waals surface area contributed by atoms with Crippen LogP contribution in [0.5, 0.6) is 0 Å². The van der Waals surface area contributed by atoms with Crippen molar-refractivity contribution >= 4 is 40.0 Å². The zero-order valence-corrected chi connectivity index (χ0v) is 17.3. The predicted octanol–water partition coefficient (Wildman–Crippen LogP) is 1.89. The summed E-state index contributed by atoms with van der Waals surface area (Å²) in [6, 6.07) is 4.66. The van der Waals surface area contributed by atoms with Gasteiger partial charge in [-0.3, -0.25) is 0 Å². The molecule has 4 rings (SSSR count). The van der Waals surface area contributed by atoms with Gasteiger partial charge in [-0.15, -0.1) is 0 Å². The average Bonchev–Trinajstić information content (AvgIpc) is 2.77. The topological polar surface area (TPSA) is 88.0 Å². The van der Waals surface area contributed by atoms with Gasteiger partial charge in [0.05, 0.1) is 37.1 Å². The number of hydrogen-bond donors (Lipinski definition) is 1. The van der Waals surface area contributed by atoms with Crippen molar-refractivity contribution in [3.05, 3.63) is 34.1 Å². The molecule has 29 heavy (non-hydrogen) atoms. The minimum Gasteiger partial charge on any atom is -0.378 e. The summed E-state index contributed by atoms with van der Waals surface area (Å²) in [5, 5.41) is 4.20. The van der Waals surface area contributed by atoms with E-state index in [2.05, 4.69) is 51.2 Å². The lowest BCUT2D eigenvalue weighted by atomic mass is 10.2. The van der Waals surface area contributed by atoms with Crippen molar-refractivity contribution in [2.45, 2.75) is 0 Å². The first-order valence-electron chi connectivity index (χ1n) is 9.34. The number of halogens is 2. The van der Waals surface area contributed by atoms with Gasteiger partial charge in [0.1, 0.15) is 5.82 Å². The summed E-state index contributed by atoms with van der Waals surface area (Å²) < 4.78 is 24.6. The van der Waals surface area contributed by atoms with Gasteiger partial charge in [-0.1, -0.05) is 6.07 Å². The van der Waals surface area contributed by atoms with Crippen LogP contribution in [0.4, 0.5) is 22.2 Å². The number of anilines is 3. The van der Waals surface area contributed by atoms with Crippen LogP contribution in [-0.4, -0.2) is 73.8 Å². The Balaban J connectivity index is 1.55. The molecule has 2 aromatic rings. The summed E-state index contributed by atoms with van der Waals surface area (Å²) in [4.78, 5) is 17.8. The summed E-state index contributed by atoms with van der Waals surface area (Å²) in [6.07, 6.45) is 1.58. The number of morpholine rings is 2. The molecule has 154 valence electrons. The van der Waals surface area contributed by atoms with Crippen LogP contribution >= 0.6 is 15.9 Å². The Kier molecular flexibility index (Phi) is 6.47. The highest BCUT2D eigenvalue weighted by Gasteiger charge is 2.20. The molecule has 2 aliphatic rings. The monoisotopic (exact) mass is 465 g/mol. The number of rotatable bonds is 5. The summed E-state index contributed by atoms with van der Waals surface area (Å²) in [5.74, 6) is 1.21. The van der Waals surface area contributed by atoms with Gasteiger partial charge < -0.3 is 19.3 Å². The van der Waals surface area contributed by atoms with E-state index in [0.29, 0.717) is 48.7 Å². The van der Waals surface area contributed by atoms with Crippen molar-refractivity contribution in [1.82, 2.24) is 15.0 Å². The number of nitrogens with zero attached hydrogens (tertiary/aromatic N) is 6. The zero-order valence-electron chi connectivity index (χ0n) is 15.7. The quantitative estimate of drug-likeness (QED) is 0.528. The minimum atomic E-state index is -0.321. The Hall–Kier alpha value is -2.37. The molecule has 11 heteroatoms. The molecule has 1 aromatic heterocycles. The minimum absolute atomic E-state index is 0.321. The molecule has 0 saturated carbocycles. The van der Waals surface area contributed by atoms with E-state index >= 15 is 0 Å². The predicted molar refractivity (Wildman–Crippen MR) is 111 cm³/mol. The molecule has 3 heterocycles. The highest BCUT2D eigenvalue weighted by Crippen LogP contribution is 2.19. The Bertz CT molecular complexity index is 837. The van der Waals surface area contributed by atoms with E-state index in [4.69, 9.17) is 9.47 Å². The lowest BCUT2D eigenvalue weighted by Gasteiger charge is -2.30. The lowest BCUT2D eigenvalue weighted by Crippen LogP contribution is -2.40. The molecule has 0 amide bonds. The lowest BCUT2D eigenvalue weighted by molar-refractivity contribution is 0.121. The summed E-state index contributed by atoms with van der Waals surface area (Å²) in [6.45, 7) is 5.44. The molecule has 0 bridgehead atoms. The summed E-state index contributed by atoms with van der Waals surface area (Å²) in [7, 11) is 0. The molecule has 2 aliphatic heterocycles. The summed E-state index contributed by atoms with van der Waals surface area (Å²) >= 11 is 3.17. The van der Waals surface area contributed by atoms with Gasteiger partial charge in [0.15, 0.2) is 0 Å². The Morgan fingerprint density at radius 1 is 0.966 bits per heavy atom.